The maximum atomic E-state index is 11.8. The van der Waals surface area contributed by atoms with E-state index in [1.165, 1.54) is 0 Å². The minimum atomic E-state index is -0.537. The molecule has 1 aliphatic rings. The number of hydrogen-bond donors (Lipinski definition) is 1. The highest BCUT2D eigenvalue weighted by molar-refractivity contribution is 5.78. The number of ether oxygens (including phenoxy) is 2. The van der Waals surface area contributed by atoms with Gasteiger partial charge in [0.2, 0.25) is 5.91 Å². The molecular formula is C15H21NO4. The monoisotopic (exact) mass is 279 g/mol. The zero-order chi connectivity index (χ0) is 14.5. The van der Waals surface area contributed by atoms with Crippen molar-refractivity contribution in [3.8, 4) is 5.75 Å². The molecule has 20 heavy (non-hydrogen) atoms. The van der Waals surface area contributed by atoms with Crippen LogP contribution >= 0.6 is 0 Å². The molecule has 1 heterocycles. The summed E-state index contributed by atoms with van der Waals surface area (Å²) in [6, 6.07) is 5.60. The van der Waals surface area contributed by atoms with Gasteiger partial charge >= 0.3 is 0 Å². The van der Waals surface area contributed by atoms with E-state index in [0.29, 0.717) is 26.3 Å². The Morgan fingerprint density at radius 1 is 1.50 bits per heavy atom. The number of aliphatic hydroxyl groups excluding tert-OH is 1. The molecule has 1 fully saturated rings. The Morgan fingerprint density at radius 2 is 2.30 bits per heavy atom. The molecule has 5 nitrogen and oxygen atoms in total. The van der Waals surface area contributed by atoms with Gasteiger partial charge in [0.15, 0.2) is 0 Å². The van der Waals surface area contributed by atoms with Gasteiger partial charge in [0.25, 0.3) is 0 Å². The van der Waals surface area contributed by atoms with Gasteiger partial charge in [-0.1, -0.05) is 6.07 Å². The van der Waals surface area contributed by atoms with Crippen molar-refractivity contribution in [2.75, 3.05) is 26.4 Å². The average Bonchev–Trinajstić information content (AvgIpc) is 2.43. The molecule has 0 bridgehead atoms. The lowest BCUT2D eigenvalue weighted by Crippen LogP contribution is -2.41. The summed E-state index contributed by atoms with van der Waals surface area (Å²) in [5.41, 5.74) is 1.74. The number of amides is 1. The summed E-state index contributed by atoms with van der Waals surface area (Å²) >= 11 is 0. The van der Waals surface area contributed by atoms with Gasteiger partial charge in [0, 0.05) is 18.7 Å². The van der Waals surface area contributed by atoms with E-state index in [4.69, 9.17) is 9.47 Å². The average molecular weight is 279 g/mol. The summed E-state index contributed by atoms with van der Waals surface area (Å²) in [5.74, 6) is 0.748. The lowest BCUT2D eigenvalue weighted by atomic mass is 10.1. The normalized spacial score (nSPS) is 17.1. The van der Waals surface area contributed by atoms with Gasteiger partial charge in [-0.25, -0.2) is 0 Å². The highest BCUT2D eigenvalue weighted by Gasteiger charge is 2.20. The molecule has 1 N–H and O–H groups in total. The van der Waals surface area contributed by atoms with Crippen LogP contribution in [0, 0.1) is 0 Å². The van der Waals surface area contributed by atoms with Crippen molar-refractivity contribution in [3.63, 3.8) is 0 Å². The van der Waals surface area contributed by atoms with Gasteiger partial charge < -0.3 is 19.5 Å². The van der Waals surface area contributed by atoms with E-state index in [-0.39, 0.29) is 12.5 Å². The molecule has 0 saturated carbocycles. The van der Waals surface area contributed by atoms with Crippen LogP contribution in [0.4, 0.5) is 0 Å². The highest BCUT2D eigenvalue weighted by Crippen LogP contribution is 2.25. The molecule has 1 unspecified atom stereocenters. The first-order chi connectivity index (χ1) is 9.61. The van der Waals surface area contributed by atoms with Crippen molar-refractivity contribution in [1.29, 1.82) is 0 Å². The first-order valence-electron chi connectivity index (χ1n) is 6.91. The van der Waals surface area contributed by atoms with Gasteiger partial charge in [-0.15, -0.1) is 0 Å². The van der Waals surface area contributed by atoms with Gasteiger partial charge in [-0.2, -0.15) is 0 Å². The lowest BCUT2D eigenvalue weighted by molar-refractivity contribution is -0.143. The number of benzene rings is 1. The van der Waals surface area contributed by atoms with Crippen LogP contribution in [0.1, 0.15) is 31.1 Å². The predicted molar refractivity (Wildman–Crippen MR) is 74.5 cm³/mol. The summed E-state index contributed by atoms with van der Waals surface area (Å²) in [6.45, 7) is 5.98. The van der Waals surface area contributed by atoms with Gasteiger partial charge in [-0.3, -0.25) is 4.79 Å². The first-order valence-corrected chi connectivity index (χ1v) is 6.91. The fourth-order valence-electron chi connectivity index (χ4n) is 2.20. The second-order valence-corrected chi connectivity index (χ2v) is 4.84. The number of aliphatic hydroxyl groups is 1. The van der Waals surface area contributed by atoms with Crippen LogP contribution in [0.3, 0.4) is 0 Å². The largest absolute Gasteiger partial charge is 0.494 e. The van der Waals surface area contributed by atoms with E-state index < -0.39 is 6.10 Å². The van der Waals surface area contributed by atoms with Gasteiger partial charge in [-0.05, 0) is 31.5 Å². The van der Waals surface area contributed by atoms with Crippen LogP contribution in [-0.4, -0.2) is 42.3 Å². The molecule has 5 heteroatoms. The number of hydrogen-bond acceptors (Lipinski definition) is 4. The fourth-order valence-corrected chi connectivity index (χ4v) is 2.20. The molecule has 1 aliphatic heterocycles. The Morgan fingerprint density at radius 3 is 2.95 bits per heavy atom. The number of carbonyl (C=O) groups is 1. The van der Waals surface area contributed by atoms with Gasteiger partial charge in [0.05, 0.1) is 19.3 Å². The topological polar surface area (TPSA) is 59.0 Å². The summed E-state index contributed by atoms with van der Waals surface area (Å²) in [4.78, 5) is 13.6. The third kappa shape index (κ3) is 3.49. The number of nitrogens with zero attached hydrogens (tertiary/aromatic N) is 1. The van der Waals surface area contributed by atoms with Crippen LogP contribution in [-0.2, 0) is 16.1 Å². The molecule has 1 aromatic carbocycles. The molecule has 0 aromatic heterocycles. The molecular weight excluding hydrogens is 258 g/mol. The minimum Gasteiger partial charge on any atom is -0.494 e. The standard InChI is InChI=1S/C15H21NO4/c1-3-20-14-5-4-12(11(2)17)8-13(14)9-16-6-7-19-10-15(16)18/h4-5,8,11,17H,3,6-7,9-10H2,1-2H3. The smallest absolute Gasteiger partial charge is 0.248 e. The Bertz CT molecular complexity index is 473. The summed E-state index contributed by atoms with van der Waals surface area (Å²) in [5, 5.41) is 9.69. The maximum Gasteiger partial charge on any atom is 0.248 e. The molecule has 110 valence electrons. The third-order valence-electron chi connectivity index (χ3n) is 3.31. The third-order valence-corrected chi connectivity index (χ3v) is 3.31. The van der Waals surface area contributed by atoms with Crippen LogP contribution in [0.15, 0.2) is 18.2 Å². The van der Waals surface area contributed by atoms with E-state index in [9.17, 15) is 9.90 Å². The van der Waals surface area contributed by atoms with E-state index in [1.54, 1.807) is 11.8 Å². The second kappa shape index (κ2) is 6.72. The molecule has 0 aliphatic carbocycles. The van der Waals surface area contributed by atoms with Crippen molar-refractivity contribution >= 4 is 5.91 Å². The SMILES string of the molecule is CCOc1ccc(C(C)O)cc1CN1CCOCC1=O. The Hall–Kier alpha value is -1.59. The molecule has 1 aromatic rings. The lowest BCUT2D eigenvalue weighted by Gasteiger charge is -2.27. The van der Waals surface area contributed by atoms with E-state index in [1.807, 2.05) is 25.1 Å². The molecule has 0 radical (unpaired) electrons. The molecule has 2 rings (SSSR count). The van der Waals surface area contributed by atoms with Crippen LogP contribution < -0.4 is 4.74 Å². The highest BCUT2D eigenvalue weighted by atomic mass is 16.5. The van der Waals surface area contributed by atoms with Crippen molar-refractivity contribution in [2.45, 2.75) is 26.5 Å². The van der Waals surface area contributed by atoms with Gasteiger partial charge in [0.1, 0.15) is 12.4 Å². The van der Waals surface area contributed by atoms with Crippen LogP contribution in [0.25, 0.3) is 0 Å². The summed E-state index contributed by atoms with van der Waals surface area (Å²) in [7, 11) is 0. The Labute approximate surface area is 119 Å². The molecule has 1 atom stereocenters. The van der Waals surface area contributed by atoms with E-state index in [2.05, 4.69) is 0 Å². The molecule has 1 amide bonds. The maximum absolute atomic E-state index is 11.8. The predicted octanol–water partition coefficient (Wildman–Crippen LogP) is 1.50. The number of carbonyl (C=O) groups excluding carboxylic acids is 1. The Balaban J connectivity index is 2.22. The van der Waals surface area contributed by atoms with Crippen molar-refractivity contribution in [2.24, 2.45) is 0 Å². The van der Waals surface area contributed by atoms with Crippen LogP contribution in [0.5, 0.6) is 5.75 Å². The number of rotatable bonds is 5. The minimum absolute atomic E-state index is 0.0128. The summed E-state index contributed by atoms with van der Waals surface area (Å²) in [6.07, 6.45) is -0.537. The van der Waals surface area contributed by atoms with Crippen molar-refractivity contribution in [3.05, 3.63) is 29.3 Å². The molecule has 1 saturated heterocycles. The zero-order valence-electron chi connectivity index (χ0n) is 12.0. The van der Waals surface area contributed by atoms with Crippen molar-refractivity contribution < 1.29 is 19.4 Å². The zero-order valence-corrected chi connectivity index (χ0v) is 12.0. The van der Waals surface area contributed by atoms with Crippen molar-refractivity contribution in [1.82, 2.24) is 4.90 Å². The second-order valence-electron chi connectivity index (χ2n) is 4.84. The molecule has 0 spiro atoms. The van der Waals surface area contributed by atoms with E-state index in [0.717, 1.165) is 16.9 Å². The summed E-state index contributed by atoms with van der Waals surface area (Å²) < 4.78 is 10.7. The fraction of sp³-hybridized carbons (Fsp3) is 0.533. The van der Waals surface area contributed by atoms with Crippen LogP contribution in [0.2, 0.25) is 0 Å². The van der Waals surface area contributed by atoms with E-state index >= 15 is 0 Å². The number of morpholine rings is 1. The first kappa shape index (κ1) is 14.8. The Kier molecular flexibility index (Phi) is 4.98. The quantitative estimate of drug-likeness (QED) is 0.887.